The molecule has 0 spiro atoms. The van der Waals surface area contributed by atoms with Crippen molar-refractivity contribution in [2.24, 2.45) is 0 Å². The summed E-state index contributed by atoms with van der Waals surface area (Å²) in [6.45, 7) is 0.213. The van der Waals surface area contributed by atoms with Crippen molar-refractivity contribution in [2.45, 2.75) is 19.1 Å². The van der Waals surface area contributed by atoms with Gasteiger partial charge in [0.2, 0.25) is 11.0 Å². The molecule has 0 aliphatic carbocycles. The molecule has 30 heavy (non-hydrogen) atoms. The standard InChI is InChI=1S/C20H18N4O5S/c1-27-12-6-8-13(9-7-12)28-11-18-23-24-20(30-18)22-17(25)10-16-19(26)21-14-4-2-3-5-15(14)29-16/h2-9,16H,10-11H2,1H3,(H,21,26)(H,22,24,25)/t16-/m0/s1. The SMILES string of the molecule is COc1ccc(OCc2nnc(NC(=O)C[C@@H]3Oc4ccccc4NC3=O)s2)cc1. The fraction of sp³-hybridized carbons (Fsp3) is 0.200. The average Bonchev–Trinajstić information content (AvgIpc) is 3.20. The van der Waals surface area contributed by atoms with Gasteiger partial charge in [0.05, 0.1) is 19.2 Å². The quantitative estimate of drug-likeness (QED) is 0.597. The minimum absolute atomic E-state index is 0.141. The van der Waals surface area contributed by atoms with E-state index < -0.39 is 12.0 Å². The molecule has 1 aliphatic heterocycles. The van der Waals surface area contributed by atoms with Crippen molar-refractivity contribution in [3.63, 3.8) is 0 Å². The first kappa shape index (κ1) is 19.6. The fourth-order valence-corrected chi connectivity index (χ4v) is 3.41. The first-order valence-corrected chi connectivity index (χ1v) is 9.88. The topological polar surface area (TPSA) is 112 Å². The molecule has 2 N–H and O–H groups in total. The van der Waals surface area contributed by atoms with Gasteiger partial charge in [-0.05, 0) is 36.4 Å². The lowest BCUT2D eigenvalue weighted by Crippen LogP contribution is -2.39. The Kier molecular flexibility index (Phi) is 5.75. The third kappa shape index (κ3) is 4.66. The van der Waals surface area contributed by atoms with Gasteiger partial charge < -0.3 is 24.8 Å². The van der Waals surface area contributed by atoms with E-state index in [4.69, 9.17) is 14.2 Å². The molecule has 2 heterocycles. The highest BCUT2D eigenvalue weighted by Gasteiger charge is 2.29. The number of anilines is 2. The predicted molar refractivity (Wildman–Crippen MR) is 110 cm³/mol. The number of methoxy groups -OCH3 is 1. The number of carbonyl (C=O) groups is 2. The first-order chi connectivity index (χ1) is 14.6. The molecule has 1 atom stereocenters. The normalized spacial score (nSPS) is 14.8. The maximum absolute atomic E-state index is 12.3. The highest BCUT2D eigenvalue weighted by molar-refractivity contribution is 7.15. The van der Waals surface area contributed by atoms with E-state index in [-0.39, 0.29) is 18.9 Å². The fourth-order valence-electron chi connectivity index (χ4n) is 2.75. The van der Waals surface area contributed by atoms with E-state index in [1.54, 1.807) is 55.6 Å². The molecule has 4 rings (SSSR count). The number of carbonyl (C=O) groups excluding carboxylic acids is 2. The second-order valence-corrected chi connectivity index (χ2v) is 7.37. The Hall–Kier alpha value is -3.66. The lowest BCUT2D eigenvalue weighted by Gasteiger charge is -2.25. The van der Waals surface area contributed by atoms with Crippen LogP contribution in [0.3, 0.4) is 0 Å². The second-order valence-electron chi connectivity index (χ2n) is 6.31. The summed E-state index contributed by atoms with van der Waals surface area (Å²) < 4.78 is 16.4. The lowest BCUT2D eigenvalue weighted by atomic mass is 10.1. The van der Waals surface area contributed by atoms with Crippen molar-refractivity contribution in [2.75, 3.05) is 17.7 Å². The van der Waals surface area contributed by atoms with Gasteiger partial charge in [-0.3, -0.25) is 9.59 Å². The highest BCUT2D eigenvalue weighted by atomic mass is 32.1. The summed E-state index contributed by atoms with van der Waals surface area (Å²) in [7, 11) is 1.60. The summed E-state index contributed by atoms with van der Waals surface area (Å²) in [5.41, 5.74) is 0.588. The summed E-state index contributed by atoms with van der Waals surface area (Å²) in [6.07, 6.45) is -1.05. The molecular formula is C20H18N4O5S. The first-order valence-electron chi connectivity index (χ1n) is 9.06. The summed E-state index contributed by atoms with van der Waals surface area (Å²) in [5, 5.41) is 14.2. The summed E-state index contributed by atoms with van der Waals surface area (Å²) in [4.78, 5) is 24.5. The molecule has 2 aromatic carbocycles. The largest absolute Gasteiger partial charge is 0.497 e. The molecule has 10 heteroatoms. The molecule has 3 aromatic rings. The Balaban J connectivity index is 1.29. The molecular weight excluding hydrogens is 408 g/mol. The maximum atomic E-state index is 12.3. The van der Waals surface area contributed by atoms with E-state index in [0.29, 0.717) is 27.3 Å². The van der Waals surface area contributed by atoms with Gasteiger partial charge in [0.25, 0.3) is 5.91 Å². The molecule has 0 radical (unpaired) electrons. The van der Waals surface area contributed by atoms with E-state index in [0.717, 1.165) is 5.75 Å². The number of para-hydroxylation sites is 2. The minimum atomic E-state index is -0.911. The Morgan fingerprint density at radius 2 is 1.93 bits per heavy atom. The zero-order valence-electron chi connectivity index (χ0n) is 16.0. The number of nitrogens with zero attached hydrogens (tertiary/aromatic N) is 2. The summed E-state index contributed by atoms with van der Waals surface area (Å²) in [5.74, 6) is 1.17. The van der Waals surface area contributed by atoms with Crippen LogP contribution in [0.5, 0.6) is 17.2 Å². The van der Waals surface area contributed by atoms with Crippen LogP contribution in [0.4, 0.5) is 10.8 Å². The number of ether oxygens (including phenoxy) is 3. The maximum Gasteiger partial charge on any atom is 0.266 e. The highest BCUT2D eigenvalue weighted by Crippen LogP contribution is 2.29. The zero-order chi connectivity index (χ0) is 20.9. The molecule has 0 fully saturated rings. The Morgan fingerprint density at radius 1 is 1.17 bits per heavy atom. The molecule has 0 saturated carbocycles. The number of benzene rings is 2. The smallest absolute Gasteiger partial charge is 0.266 e. The number of rotatable bonds is 7. The summed E-state index contributed by atoms with van der Waals surface area (Å²) >= 11 is 1.19. The van der Waals surface area contributed by atoms with Gasteiger partial charge in [0.15, 0.2) is 11.1 Å². The van der Waals surface area contributed by atoms with E-state index in [2.05, 4.69) is 20.8 Å². The van der Waals surface area contributed by atoms with Crippen LogP contribution in [-0.2, 0) is 16.2 Å². The predicted octanol–water partition coefficient (Wildman–Crippen LogP) is 2.85. The van der Waals surface area contributed by atoms with Crippen molar-refractivity contribution in [1.29, 1.82) is 0 Å². The van der Waals surface area contributed by atoms with Crippen LogP contribution in [-0.4, -0.2) is 35.2 Å². The van der Waals surface area contributed by atoms with Gasteiger partial charge in [0, 0.05) is 0 Å². The zero-order valence-corrected chi connectivity index (χ0v) is 16.8. The van der Waals surface area contributed by atoms with E-state index in [9.17, 15) is 9.59 Å². The van der Waals surface area contributed by atoms with Crippen LogP contribution in [0.25, 0.3) is 0 Å². The van der Waals surface area contributed by atoms with Gasteiger partial charge in [-0.2, -0.15) is 0 Å². The van der Waals surface area contributed by atoms with Crippen LogP contribution in [0, 0.1) is 0 Å². The summed E-state index contributed by atoms with van der Waals surface area (Å²) in [6, 6.07) is 14.2. The van der Waals surface area contributed by atoms with Crippen molar-refractivity contribution in [1.82, 2.24) is 10.2 Å². The monoisotopic (exact) mass is 426 g/mol. The third-order valence-corrected chi connectivity index (χ3v) is 5.02. The van der Waals surface area contributed by atoms with Crippen LogP contribution in [0.15, 0.2) is 48.5 Å². The van der Waals surface area contributed by atoms with Gasteiger partial charge in [-0.1, -0.05) is 23.5 Å². The molecule has 1 aromatic heterocycles. The molecule has 0 saturated heterocycles. The number of amides is 2. The average molecular weight is 426 g/mol. The number of aromatic nitrogens is 2. The lowest BCUT2D eigenvalue weighted by molar-refractivity contribution is -0.128. The molecule has 9 nitrogen and oxygen atoms in total. The number of fused-ring (bicyclic) bond motifs is 1. The molecule has 0 bridgehead atoms. The van der Waals surface area contributed by atoms with E-state index in [1.165, 1.54) is 11.3 Å². The van der Waals surface area contributed by atoms with Crippen molar-refractivity contribution >= 4 is 34.0 Å². The Bertz CT molecular complexity index is 1050. The van der Waals surface area contributed by atoms with Gasteiger partial charge in [0.1, 0.15) is 23.9 Å². The number of hydrogen-bond donors (Lipinski definition) is 2. The van der Waals surface area contributed by atoms with E-state index >= 15 is 0 Å². The van der Waals surface area contributed by atoms with Crippen molar-refractivity contribution in [3.8, 4) is 17.2 Å². The van der Waals surface area contributed by atoms with Gasteiger partial charge in [-0.15, -0.1) is 10.2 Å². The molecule has 0 unspecified atom stereocenters. The Labute approximate surface area is 176 Å². The number of hydrogen-bond acceptors (Lipinski definition) is 8. The molecule has 2 amide bonds. The van der Waals surface area contributed by atoms with Crippen molar-refractivity contribution < 1.29 is 23.8 Å². The number of nitrogens with one attached hydrogen (secondary N) is 2. The molecule has 154 valence electrons. The van der Waals surface area contributed by atoms with Crippen LogP contribution in [0.1, 0.15) is 11.4 Å². The van der Waals surface area contributed by atoms with Crippen LogP contribution >= 0.6 is 11.3 Å². The third-order valence-electron chi connectivity index (χ3n) is 4.21. The Morgan fingerprint density at radius 3 is 2.73 bits per heavy atom. The van der Waals surface area contributed by atoms with Gasteiger partial charge in [-0.25, -0.2) is 0 Å². The molecule has 1 aliphatic rings. The second kappa shape index (κ2) is 8.78. The van der Waals surface area contributed by atoms with Crippen LogP contribution < -0.4 is 24.8 Å². The van der Waals surface area contributed by atoms with Gasteiger partial charge >= 0.3 is 0 Å². The minimum Gasteiger partial charge on any atom is -0.497 e. The van der Waals surface area contributed by atoms with Crippen LogP contribution in [0.2, 0.25) is 0 Å². The van der Waals surface area contributed by atoms with Crippen molar-refractivity contribution in [3.05, 3.63) is 53.5 Å². The van der Waals surface area contributed by atoms with E-state index in [1.807, 2.05) is 0 Å².